The van der Waals surface area contributed by atoms with E-state index in [1.807, 2.05) is 0 Å². The minimum atomic E-state index is -4.78. The summed E-state index contributed by atoms with van der Waals surface area (Å²) >= 11 is 0. The van der Waals surface area contributed by atoms with Crippen LogP contribution in [0.25, 0.3) is 0 Å². The molecule has 0 aliphatic carbocycles. The van der Waals surface area contributed by atoms with Crippen LogP contribution in [0.4, 0.5) is 17.6 Å². The Morgan fingerprint density at radius 1 is 1.44 bits per heavy atom. The molecule has 1 atom stereocenters. The number of carbonyl (C=O) groups is 1. The molecular weight excluding hydrogens is 250 g/mol. The fourth-order valence-electron chi connectivity index (χ4n) is 1.40. The summed E-state index contributed by atoms with van der Waals surface area (Å²) in [7, 11) is 0. The van der Waals surface area contributed by atoms with E-state index in [4.69, 9.17) is 5.73 Å². The van der Waals surface area contributed by atoms with Gasteiger partial charge in [0.2, 0.25) is 0 Å². The van der Waals surface area contributed by atoms with Crippen molar-refractivity contribution >= 4 is 5.78 Å². The van der Waals surface area contributed by atoms with Crippen molar-refractivity contribution in [2.45, 2.75) is 18.6 Å². The molecular formula is C12H11F4NO. The van der Waals surface area contributed by atoms with Crippen LogP contribution in [0.5, 0.6) is 0 Å². The second-order valence-electron chi connectivity index (χ2n) is 3.69. The van der Waals surface area contributed by atoms with Crippen LogP contribution in [0, 0.1) is 5.82 Å². The first-order valence-electron chi connectivity index (χ1n) is 5.04. The maximum absolute atomic E-state index is 13.2. The Hall–Kier alpha value is -1.69. The van der Waals surface area contributed by atoms with Gasteiger partial charge in [-0.1, -0.05) is 12.1 Å². The normalized spacial score (nSPS) is 13.2. The Labute approximate surface area is 101 Å². The fraction of sp³-hybridized carbons (Fsp3) is 0.250. The molecule has 98 valence electrons. The van der Waals surface area contributed by atoms with Gasteiger partial charge in [0, 0.05) is 5.56 Å². The molecule has 0 saturated carbocycles. The van der Waals surface area contributed by atoms with E-state index >= 15 is 0 Å². The summed E-state index contributed by atoms with van der Waals surface area (Å²) < 4.78 is 50.1. The zero-order valence-electron chi connectivity index (χ0n) is 9.30. The van der Waals surface area contributed by atoms with Crippen LogP contribution in [-0.4, -0.2) is 11.8 Å². The lowest BCUT2D eigenvalue weighted by molar-refractivity contribution is -0.140. The Balaban J connectivity index is 3.05. The lowest BCUT2D eigenvalue weighted by Gasteiger charge is -2.11. The number of alkyl halides is 3. The lowest BCUT2D eigenvalue weighted by Crippen LogP contribution is -2.30. The number of rotatable bonds is 4. The van der Waals surface area contributed by atoms with Gasteiger partial charge >= 0.3 is 6.18 Å². The molecule has 1 aromatic carbocycles. The number of Topliss-reactive ketones (excluding diaryl/α,β-unsaturated/α-hetero) is 1. The molecule has 0 radical (unpaired) electrons. The standard InChI is InChI=1S/C12H11F4NO/c1-2-3-10(17)11(18)7-4-5-8(9(13)6-7)12(14,15)16/h2,4-6,10H,1,3,17H2. The molecule has 0 heterocycles. The smallest absolute Gasteiger partial charge is 0.321 e. The number of hydrogen-bond acceptors (Lipinski definition) is 2. The van der Waals surface area contributed by atoms with Gasteiger partial charge in [-0.2, -0.15) is 13.2 Å². The molecule has 0 amide bonds. The summed E-state index contributed by atoms with van der Waals surface area (Å²) in [6.45, 7) is 3.39. The van der Waals surface area contributed by atoms with Crippen molar-refractivity contribution in [2.75, 3.05) is 0 Å². The number of hydrogen-bond donors (Lipinski definition) is 1. The second-order valence-corrected chi connectivity index (χ2v) is 3.69. The molecule has 0 fully saturated rings. The summed E-state index contributed by atoms with van der Waals surface area (Å²) in [5.41, 5.74) is 3.88. The summed E-state index contributed by atoms with van der Waals surface area (Å²) in [5.74, 6) is -2.11. The van der Waals surface area contributed by atoms with Crippen molar-refractivity contribution in [3.05, 3.63) is 47.8 Å². The van der Waals surface area contributed by atoms with Crippen LogP contribution >= 0.6 is 0 Å². The Morgan fingerprint density at radius 2 is 2.06 bits per heavy atom. The maximum atomic E-state index is 13.2. The third-order valence-electron chi connectivity index (χ3n) is 2.32. The molecule has 0 bridgehead atoms. The van der Waals surface area contributed by atoms with Crippen LogP contribution in [-0.2, 0) is 6.18 Å². The van der Waals surface area contributed by atoms with Gasteiger partial charge in [0.1, 0.15) is 5.82 Å². The number of halogens is 4. The molecule has 0 spiro atoms. The first-order valence-corrected chi connectivity index (χ1v) is 5.04. The van der Waals surface area contributed by atoms with Crippen molar-refractivity contribution in [3.63, 3.8) is 0 Å². The molecule has 0 aliphatic heterocycles. The minimum Gasteiger partial charge on any atom is -0.321 e. The van der Waals surface area contributed by atoms with E-state index in [1.165, 1.54) is 6.08 Å². The number of nitrogens with two attached hydrogens (primary N) is 1. The molecule has 2 nitrogen and oxygen atoms in total. The van der Waals surface area contributed by atoms with Crippen molar-refractivity contribution in [2.24, 2.45) is 5.73 Å². The number of benzene rings is 1. The molecule has 18 heavy (non-hydrogen) atoms. The van der Waals surface area contributed by atoms with Crippen molar-refractivity contribution in [1.29, 1.82) is 0 Å². The van der Waals surface area contributed by atoms with E-state index in [2.05, 4.69) is 6.58 Å². The molecule has 1 unspecified atom stereocenters. The number of ketones is 1. The van der Waals surface area contributed by atoms with E-state index in [1.54, 1.807) is 0 Å². The molecule has 0 aliphatic rings. The van der Waals surface area contributed by atoms with Crippen LogP contribution in [0.1, 0.15) is 22.3 Å². The zero-order valence-corrected chi connectivity index (χ0v) is 9.30. The number of carbonyl (C=O) groups excluding carboxylic acids is 1. The van der Waals surface area contributed by atoms with E-state index in [0.29, 0.717) is 12.1 Å². The van der Waals surface area contributed by atoms with E-state index in [0.717, 1.165) is 6.07 Å². The Morgan fingerprint density at radius 3 is 2.50 bits per heavy atom. The molecule has 0 aromatic heterocycles. The third kappa shape index (κ3) is 3.16. The van der Waals surface area contributed by atoms with Crippen molar-refractivity contribution in [1.82, 2.24) is 0 Å². The van der Waals surface area contributed by atoms with Crippen LogP contribution in [0.15, 0.2) is 30.9 Å². The van der Waals surface area contributed by atoms with E-state index in [9.17, 15) is 22.4 Å². The SMILES string of the molecule is C=CCC(N)C(=O)c1ccc(C(F)(F)F)c(F)c1. The van der Waals surface area contributed by atoms with Crippen LogP contribution in [0.3, 0.4) is 0 Å². The topological polar surface area (TPSA) is 43.1 Å². The fourth-order valence-corrected chi connectivity index (χ4v) is 1.40. The zero-order chi connectivity index (χ0) is 13.9. The summed E-state index contributed by atoms with van der Waals surface area (Å²) in [5, 5.41) is 0. The molecule has 1 rings (SSSR count). The van der Waals surface area contributed by atoms with Gasteiger partial charge in [0.15, 0.2) is 5.78 Å². The second kappa shape index (κ2) is 5.30. The highest BCUT2D eigenvalue weighted by molar-refractivity contribution is 6.00. The third-order valence-corrected chi connectivity index (χ3v) is 2.32. The molecule has 2 N–H and O–H groups in total. The quantitative estimate of drug-likeness (QED) is 0.514. The van der Waals surface area contributed by atoms with Gasteiger partial charge in [0.05, 0.1) is 11.6 Å². The van der Waals surface area contributed by atoms with Crippen LogP contribution < -0.4 is 5.73 Å². The maximum Gasteiger partial charge on any atom is 0.419 e. The monoisotopic (exact) mass is 261 g/mol. The van der Waals surface area contributed by atoms with Gasteiger partial charge in [-0.3, -0.25) is 4.79 Å². The Kier molecular flexibility index (Phi) is 4.24. The van der Waals surface area contributed by atoms with Crippen molar-refractivity contribution < 1.29 is 22.4 Å². The summed E-state index contributed by atoms with van der Waals surface area (Å²) in [6, 6.07) is 1.06. The summed E-state index contributed by atoms with van der Waals surface area (Å²) in [6.07, 6.45) is -3.21. The average molecular weight is 261 g/mol. The predicted molar refractivity (Wildman–Crippen MR) is 58.5 cm³/mol. The van der Waals surface area contributed by atoms with Gasteiger partial charge in [-0.25, -0.2) is 4.39 Å². The lowest BCUT2D eigenvalue weighted by atomic mass is 10.0. The predicted octanol–water partition coefficient (Wildman–Crippen LogP) is 2.93. The molecule has 1 aromatic rings. The van der Waals surface area contributed by atoms with Gasteiger partial charge in [-0.15, -0.1) is 6.58 Å². The van der Waals surface area contributed by atoms with E-state index < -0.39 is 29.4 Å². The van der Waals surface area contributed by atoms with Crippen molar-refractivity contribution in [3.8, 4) is 0 Å². The first kappa shape index (κ1) is 14.4. The average Bonchev–Trinajstić information content (AvgIpc) is 2.26. The highest BCUT2D eigenvalue weighted by atomic mass is 19.4. The summed E-state index contributed by atoms with van der Waals surface area (Å²) in [4.78, 5) is 11.6. The Bertz CT molecular complexity index is 468. The van der Waals surface area contributed by atoms with Gasteiger partial charge in [-0.05, 0) is 18.6 Å². The van der Waals surface area contributed by atoms with Gasteiger partial charge in [0.25, 0.3) is 0 Å². The molecule has 0 saturated heterocycles. The minimum absolute atomic E-state index is 0.168. The first-order chi connectivity index (χ1) is 8.27. The molecule has 6 heteroatoms. The highest BCUT2D eigenvalue weighted by Crippen LogP contribution is 2.31. The largest absolute Gasteiger partial charge is 0.419 e. The highest BCUT2D eigenvalue weighted by Gasteiger charge is 2.34. The van der Waals surface area contributed by atoms with Crippen LogP contribution in [0.2, 0.25) is 0 Å². The van der Waals surface area contributed by atoms with Gasteiger partial charge < -0.3 is 5.73 Å². The van der Waals surface area contributed by atoms with E-state index in [-0.39, 0.29) is 12.0 Å².